The molecule has 2 nitrogen and oxygen atoms in total. The Morgan fingerprint density at radius 1 is 1.47 bits per heavy atom. The number of hydrogen-bond acceptors (Lipinski definition) is 3. The van der Waals surface area contributed by atoms with Crippen molar-refractivity contribution in [3.05, 3.63) is 33.2 Å². The van der Waals surface area contributed by atoms with E-state index in [1.54, 1.807) is 17.6 Å². The van der Waals surface area contributed by atoms with Crippen LogP contribution in [0.5, 0.6) is 0 Å². The van der Waals surface area contributed by atoms with Crippen molar-refractivity contribution in [2.45, 2.75) is 32.8 Å². The third kappa shape index (κ3) is 2.24. The molecule has 15 heavy (non-hydrogen) atoms. The van der Waals surface area contributed by atoms with E-state index >= 15 is 0 Å². The number of hydrogen-bond donors (Lipinski definition) is 1. The zero-order valence-electron chi connectivity index (χ0n) is 9.12. The maximum atomic E-state index is 10.2. The standard InChI is InChI=1S/C12H16O2S/c1-8-6-11(9(2)15-8)12(13)10-4-3-5-14-7-10/h6-7,12-13H,3-5H2,1-2H3. The van der Waals surface area contributed by atoms with Gasteiger partial charge in [0.05, 0.1) is 12.9 Å². The molecule has 0 spiro atoms. The van der Waals surface area contributed by atoms with Crippen molar-refractivity contribution in [2.75, 3.05) is 6.61 Å². The second-order valence-electron chi connectivity index (χ2n) is 3.94. The quantitative estimate of drug-likeness (QED) is 0.836. The molecular formula is C12H16O2S. The van der Waals surface area contributed by atoms with Gasteiger partial charge in [-0.1, -0.05) is 0 Å². The molecule has 1 atom stereocenters. The largest absolute Gasteiger partial charge is 0.501 e. The summed E-state index contributed by atoms with van der Waals surface area (Å²) < 4.78 is 5.25. The first-order chi connectivity index (χ1) is 7.18. The lowest BCUT2D eigenvalue weighted by Crippen LogP contribution is -2.07. The summed E-state index contributed by atoms with van der Waals surface area (Å²) in [7, 11) is 0. The zero-order chi connectivity index (χ0) is 10.8. The van der Waals surface area contributed by atoms with Gasteiger partial charge in [-0.05, 0) is 43.9 Å². The lowest BCUT2D eigenvalue weighted by Gasteiger charge is -2.18. The van der Waals surface area contributed by atoms with E-state index in [9.17, 15) is 5.11 Å². The van der Waals surface area contributed by atoms with Crippen molar-refractivity contribution in [1.82, 2.24) is 0 Å². The highest BCUT2D eigenvalue weighted by atomic mass is 32.1. The van der Waals surface area contributed by atoms with Crippen LogP contribution in [0.2, 0.25) is 0 Å². The van der Waals surface area contributed by atoms with Gasteiger partial charge in [0.25, 0.3) is 0 Å². The first kappa shape index (κ1) is 10.7. The van der Waals surface area contributed by atoms with Crippen molar-refractivity contribution in [3.8, 4) is 0 Å². The number of rotatable bonds is 2. The van der Waals surface area contributed by atoms with Crippen LogP contribution in [-0.4, -0.2) is 11.7 Å². The number of aliphatic hydroxyl groups is 1. The Balaban J connectivity index is 2.23. The average molecular weight is 224 g/mol. The van der Waals surface area contributed by atoms with Crippen molar-refractivity contribution >= 4 is 11.3 Å². The van der Waals surface area contributed by atoms with Gasteiger partial charge in [0.2, 0.25) is 0 Å². The van der Waals surface area contributed by atoms with Crippen LogP contribution in [0.4, 0.5) is 0 Å². The molecule has 1 aliphatic heterocycles. The second kappa shape index (κ2) is 4.37. The molecule has 0 saturated heterocycles. The van der Waals surface area contributed by atoms with Crippen LogP contribution >= 0.6 is 11.3 Å². The van der Waals surface area contributed by atoms with Gasteiger partial charge >= 0.3 is 0 Å². The predicted molar refractivity (Wildman–Crippen MR) is 62.0 cm³/mol. The van der Waals surface area contributed by atoms with E-state index in [1.807, 2.05) is 0 Å². The predicted octanol–water partition coefficient (Wildman–Crippen LogP) is 3.09. The molecule has 1 N–H and O–H groups in total. The summed E-state index contributed by atoms with van der Waals surface area (Å²) in [6.07, 6.45) is 3.19. The van der Waals surface area contributed by atoms with Crippen LogP contribution in [0, 0.1) is 13.8 Å². The number of thiophene rings is 1. The van der Waals surface area contributed by atoms with Crippen molar-refractivity contribution < 1.29 is 9.84 Å². The van der Waals surface area contributed by atoms with Gasteiger partial charge in [-0.25, -0.2) is 0 Å². The fourth-order valence-electron chi connectivity index (χ4n) is 1.91. The van der Waals surface area contributed by atoms with E-state index in [4.69, 9.17) is 4.74 Å². The molecule has 0 bridgehead atoms. The van der Waals surface area contributed by atoms with E-state index in [0.29, 0.717) is 0 Å². The van der Waals surface area contributed by atoms with E-state index < -0.39 is 6.10 Å². The Bertz CT molecular complexity index is 379. The normalized spacial score (nSPS) is 18.2. The fourth-order valence-corrected chi connectivity index (χ4v) is 2.86. The van der Waals surface area contributed by atoms with Crippen LogP contribution < -0.4 is 0 Å². The zero-order valence-corrected chi connectivity index (χ0v) is 9.93. The summed E-state index contributed by atoms with van der Waals surface area (Å²) in [6.45, 7) is 4.90. The highest BCUT2D eigenvalue weighted by molar-refractivity contribution is 7.12. The van der Waals surface area contributed by atoms with Gasteiger partial charge in [0.1, 0.15) is 6.10 Å². The third-order valence-electron chi connectivity index (χ3n) is 2.69. The molecule has 0 aromatic carbocycles. The Morgan fingerprint density at radius 2 is 2.27 bits per heavy atom. The maximum Gasteiger partial charge on any atom is 0.104 e. The highest BCUT2D eigenvalue weighted by Crippen LogP contribution is 2.33. The van der Waals surface area contributed by atoms with Gasteiger partial charge in [0.15, 0.2) is 0 Å². The van der Waals surface area contributed by atoms with Gasteiger partial charge in [0, 0.05) is 9.75 Å². The molecule has 0 radical (unpaired) electrons. The minimum absolute atomic E-state index is 0.477. The fraction of sp³-hybridized carbons (Fsp3) is 0.500. The van der Waals surface area contributed by atoms with Crippen LogP contribution in [0.25, 0.3) is 0 Å². The molecule has 2 rings (SSSR count). The van der Waals surface area contributed by atoms with Gasteiger partial charge in [-0.2, -0.15) is 0 Å². The minimum Gasteiger partial charge on any atom is -0.501 e. The van der Waals surface area contributed by atoms with E-state index in [-0.39, 0.29) is 0 Å². The van der Waals surface area contributed by atoms with Gasteiger partial charge < -0.3 is 9.84 Å². The van der Waals surface area contributed by atoms with Gasteiger partial charge in [-0.15, -0.1) is 11.3 Å². The van der Waals surface area contributed by atoms with Crippen LogP contribution in [0.15, 0.2) is 17.9 Å². The minimum atomic E-state index is -0.477. The number of aryl methyl sites for hydroxylation is 2. The molecule has 0 fully saturated rings. The Hall–Kier alpha value is -0.800. The Labute approximate surface area is 94.2 Å². The molecule has 82 valence electrons. The maximum absolute atomic E-state index is 10.2. The molecule has 3 heteroatoms. The molecule has 1 aromatic rings. The van der Waals surface area contributed by atoms with Gasteiger partial charge in [-0.3, -0.25) is 0 Å². The molecule has 1 aliphatic rings. The number of aliphatic hydroxyl groups excluding tert-OH is 1. The lowest BCUT2D eigenvalue weighted by molar-refractivity contribution is 0.170. The van der Waals surface area contributed by atoms with Crippen molar-refractivity contribution in [3.63, 3.8) is 0 Å². The van der Waals surface area contributed by atoms with Crippen molar-refractivity contribution in [1.29, 1.82) is 0 Å². The highest BCUT2D eigenvalue weighted by Gasteiger charge is 2.19. The molecule has 1 unspecified atom stereocenters. The van der Waals surface area contributed by atoms with Crippen LogP contribution in [0.1, 0.15) is 34.3 Å². The van der Waals surface area contributed by atoms with Crippen molar-refractivity contribution in [2.24, 2.45) is 0 Å². The second-order valence-corrected chi connectivity index (χ2v) is 5.40. The summed E-state index contributed by atoms with van der Waals surface area (Å²) in [5, 5.41) is 10.2. The topological polar surface area (TPSA) is 29.5 Å². The first-order valence-corrected chi connectivity index (χ1v) is 6.05. The van der Waals surface area contributed by atoms with E-state index in [1.165, 1.54) is 9.75 Å². The summed E-state index contributed by atoms with van der Waals surface area (Å²) in [5.74, 6) is 0. The molecule has 0 amide bonds. The number of ether oxygens (including phenoxy) is 1. The summed E-state index contributed by atoms with van der Waals surface area (Å²) in [6, 6.07) is 2.07. The van der Waals surface area contributed by atoms with E-state index in [2.05, 4.69) is 19.9 Å². The molecule has 1 aromatic heterocycles. The molecule has 0 saturated carbocycles. The Kier molecular flexibility index (Phi) is 3.12. The molecule has 0 aliphatic carbocycles. The molecule has 2 heterocycles. The summed E-state index contributed by atoms with van der Waals surface area (Å²) >= 11 is 1.73. The summed E-state index contributed by atoms with van der Waals surface area (Å²) in [5.41, 5.74) is 2.04. The lowest BCUT2D eigenvalue weighted by atomic mass is 9.98. The summed E-state index contributed by atoms with van der Waals surface area (Å²) in [4.78, 5) is 2.45. The van der Waals surface area contributed by atoms with Crippen LogP contribution in [0.3, 0.4) is 0 Å². The molecular weight excluding hydrogens is 208 g/mol. The first-order valence-electron chi connectivity index (χ1n) is 5.24. The van der Waals surface area contributed by atoms with E-state index in [0.717, 1.165) is 30.6 Å². The third-order valence-corrected chi connectivity index (χ3v) is 3.67. The SMILES string of the molecule is Cc1cc(C(O)C2=COCCC2)c(C)s1. The smallest absolute Gasteiger partial charge is 0.104 e. The van der Waals surface area contributed by atoms with Crippen LogP contribution in [-0.2, 0) is 4.74 Å². The Morgan fingerprint density at radius 3 is 2.80 bits per heavy atom. The monoisotopic (exact) mass is 224 g/mol. The average Bonchev–Trinajstić information content (AvgIpc) is 2.58.